The van der Waals surface area contributed by atoms with Crippen molar-refractivity contribution in [1.29, 1.82) is 0 Å². The number of imide groups is 1. The predicted molar refractivity (Wildman–Crippen MR) is 103 cm³/mol. The molecular formula is C21H18N2O7. The van der Waals surface area contributed by atoms with Gasteiger partial charge >= 0.3 is 5.97 Å². The molecule has 4 rings (SSSR count). The van der Waals surface area contributed by atoms with E-state index in [0.717, 1.165) is 4.90 Å². The summed E-state index contributed by atoms with van der Waals surface area (Å²) in [6.07, 6.45) is 0. The van der Waals surface area contributed by atoms with Gasteiger partial charge in [0.15, 0.2) is 18.1 Å². The van der Waals surface area contributed by atoms with Crippen molar-refractivity contribution in [2.75, 3.05) is 25.1 Å². The maximum absolute atomic E-state index is 12.4. The molecule has 9 nitrogen and oxygen atoms in total. The van der Waals surface area contributed by atoms with Crippen LogP contribution in [0.4, 0.5) is 5.69 Å². The highest BCUT2D eigenvalue weighted by Gasteiger charge is 2.41. The zero-order valence-electron chi connectivity index (χ0n) is 16.0. The van der Waals surface area contributed by atoms with Crippen LogP contribution in [-0.4, -0.2) is 54.5 Å². The normalized spacial score (nSPS) is 15.4. The number of carbonyl (C=O) groups is 4. The van der Waals surface area contributed by atoms with Gasteiger partial charge in [-0.05, 0) is 31.2 Å². The van der Waals surface area contributed by atoms with E-state index in [-0.39, 0.29) is 11.1 Å². The van der Waals surface area contributed by atoms with Crippen LogP contribution in [0.2, 0.25) is 0 Å². The van der Waals surface area contributed by atoms with E-state index < -0.39 is 36.3 Å². The number of hydrogen-bond donors (Lipinski definition) is 1. The Labute approximate surface area is 171 Å². The van der Waals surface area contributed by atoms with Crippen molar-refractivity contribution in [2.45, 2.75) is 13.0 Å². The summed E-state index contributed by atoms with van der Waals surface area (Å²) in [5.41, 5.74) is 0.922. The molecule has 2 aromatic rings. The highest BCUT2D eigenvalue weighted by Crippen LogP contribution is 2.32. The first-order valence-electron chi connectivity index (χ1n) is 9.29. The maximum atomic E-state index is 12.4. The second kappa shape index (κ2) is 7.86. The van der Waals surface area contributed by atoms with Gasteiger partial charge in [-0.15, -0.1) is 0 Å². The predicted octanol–water partition coefficient (Wildman–Crippen LogP) is 1.62. The first-order chi connectivity index (χ1) is 14.5. The molecular weight excluding hydrogens is 392 g/mol. The van der Waals surface area contributed by atoms with Gasteiger partial charge in [0.1, 0.15) is 19.3 Å². The fraction of sp³-hybridized carbons (Fsp3) is 0.238. The van der Waals surface area contributed by atoms with Crippen LogP contribution in [0.15, 0.2) is 42.5 Å². The van der Waals surface area contributed by atoms with Gasteiger partial charge < -0.3 is 19.5 Å². The van der Waals surface area contributed by atoms with Crippen LogP contribution in [-0.2, 0) is 14.3 Å². The lowest BCUT2D eigenvalue weighted by Gasteiger charge is -2.21. The van der Waals surface area contributed by atoms with E-state index in [4.69, 9.17) is 14.2 Å². The minimum Gasteiger partial charge on any atom is -0.486 e. The molecule has 2 heterocycles. The Bertz CT molecular complexity index is 1010. The van der Waals surface area contributed by atoms with Crippen molar-refractivity contribution < 1.29 is 33.4 Å². The van der Waals surface area contributed by atoms with Crippen LogP contribution in [0.1, 0.15) is 27.6 Å². The Kier molecular flexibility index (Phi) is 5.09. The van der Waals surface area contributed by atoms with Crippen molar-refractivity contribution in [3.63, 3.8) is 0 Å². The molecule has 9 heteroatoms. The molecule has 0 aliphatic carbocycles. The molecule has 0 saturated heterocycles. The molecule has 154 valence electrons. The van der Waals surface area contributed by atoms with E-state index in [1.165, 1.54) is 19.1 Å². The Morgan fingerprint density at radius 1 is 1.03 bits per heavy atom. The first-order valence-corrected chi connectivity index (χ1v) is 9.29. The summed E-state index contributed by atoms with van der Waals surface area (Å²) in [6.45, 7) is 1.68. The number of nitrogens with zero attached hydrogens (tertiary/aromatic N) is 1. The van der Waals surface area contributed by atoms with Gasteiger partial charge in [-0.25, -0.2) is 4.79 Å². The Balaban J connectivity index is 1.34. The molecule has 0 bridgehead atoms. The summed E-state index contributed by atoms with van der Waals surface area (Å²) >= 11 is 0. The average molecular weight is 410 g/mol. The number of ether oxygens (including phenoxy) is 3. The molecule has 3 amide bonds. The number of esters is 1. The van der Waals surface area contributed by atoms with Crippen LogP contribution in [0.3, 0.4) is 0 Å². The second-order valence-electron chi connectivity index (χ2n) is 6.72. The SMILES string of the molecule is C[C@H](C(=O)OCC(=O)Nc1ccc2c(c1)OCCO2)N1C(=O)c2ccccc2C1=O. The monoisotopic (exact) mass is 410 g/mol. The highest BCUT2D eigenvalue weighted by molar-refractivity contribution is 6.22. The van der Waals surface area contributed by atoms with Crippen molar-refractivity contribution in [2.24, 2.45) is 0 Å². The smallest absolute Gasteiger partial charge is 0.329 e. The third-order valence-corrected chi connectivity index (χ3v) is 4.73. The number of fused-ring (bicyclic) bond motifs is 2. The quantitative estimate of drug-likeness (QED) is 0.589. The molecule has 0 fully saturated rings. The molecule has 1 atom stereocenters. The Morgan fingerprint density at radius 3 is 2.33 bits per heavy atom. The number of hydrogen-bond acceptors (Lipinski definition) is 7. The molecule has 0 saturated carbocycles. The number of anilines is 1. The molecule has 1 N–H and O–H groups in total. The Hall–Kier alpha value is -3.88. The Morgan fingerprint density at radius 2 is 1.67 bits per heavy atom. The minimum atomic E-state index is -1.17. The molecule has 2 aliphatic heterocycles. The average Bonchev–Trinajstić information content (AvgIpc) is 3.02. The van der Waals surface area contributed by atoms with Crippen LogP contribution in [0, 0.1) is 0 Å². The van der Waals surface area contributed by atoms with Crippen LogP contribution >= 0.6 is 0 Å². The summed E-state index contributed by atoms with van der Waals surface area (Å²) < 4.78 is 15.9. The molecule has 0 radical (unpaired) electrons. The van der Waals surface area contributed by atoms with Crippen molar-refractivity contribution >= 4 is 29.4 Å². The molecule has 0 unspecified atom stereocenters. The first kappa shape index (κ1) is 19.4. The molecule has 2 aliphatic rings. The summed E-state index contributed by atoms with van der Waals surface area (Å²) in [7, 11) is 0. The molecule has 30 heavy (non-hydrogen) atoms. The van der Waals surface area contributed by atoms with Crippen LogP contribution < -0.4 is 14.8 Å². The maximum Gasteiger partial charge on any atom is 0.329 e. The zero-order chi connectivity index (χ0) is 21.3. The second-order valence-corrected chi connectivity index (χ2v) is 6.72. The summed E-state index contributed by atoms with van der Waals surface area (Å²) in [5.74, 6) is -1.48. The standard InChI is InChI=1S/C21H18N2O7/c1-12(23-19(25)14-4-2-3-5-15(14)20(23)26)21(27)30-11-18(24)22-13-6-7-16-17(10-13)29-9-8-28-16/h2-7,10,12H,8-9,11H2,1H3,(H,22,24)/t12-/m1/s1. The lowest BCUT2D eigenvalue weighted by atomic mass is 10.1. The van der Waals surface area contributed by atoms with E-state index in [2.05, 4.69) is 5.32 Å². The van der Waals surface area contributed by atoms with Gasteiger partial charge in [0.05, 0.1) is 11.1 Å². The van der Waals surface area contributed by atoms with E-state index in [1.807, 2.05) is 0 Å². The number of nitrogens with one attached hydrogen (secondary N) is 1. The lowest BCUT2D eigenvalue weighted by Crippen LogP contribution is -2.44. The van der Waals surface area contributed by atoms with Crippen LogP contribution in [0.5, 0.6) is 11.5 Å². The van der Waals surface area contributed by atoms with Gasteiger partial charge in [-0.1, -0.05) is 12.1 Å². The van der Waals surface area contributed by atoms with Crippen LogP contribution in [0.25, 0.3) is 0 Å². The molecule has 0 spiro atoms. The van der Waals surface area contributed by atoms with Crippen molar-refractivity contribution in [3.05, 3.63) is 53.6 Å². The van der Waals surface area contributed by atoms with E-state index in [9.17, 15) is 19.2 Å². The summed E-state index contributed by atoms with van der Waals surface area (Å²) in [5, 5.41) is 2.59. The topological polar surface area (TPSA) is 111 Å². The van der Waals surface area contributed by atoms with E-state index in [1.54, 1.807) is 30.3 Å². The van der Waals surface area contributed by atoms with Crippen molar-refractivity contribution in [3.8, 4) is 11.5 Å². The van der Waals surface area contributed by atoms with Gasteiger partial charge in [0, 0.05) is 11.8 Å². The number of amides is 3. The fourth-order valence-electron chi connectivity index (χ4n) is 3.24. The zero-order valence-corrected chi connectivity index (χ0v) is 16.0. The fourth-order valence-corrected chi connectivity index (χ4v) is 3.24. The van der Waals surface area contributed by atoms with E-state index in [0.29, 0.717) is 30.4 Å². The number of rotatable bonds is 5. The van der Waals surface area contributed by atoms with E-state index >= 15 is 0 Å². The third kappa shape index (κ3) is 3.57. The number of benzene rings is 2. The number of carbonyl (C=O) groups excluding carboxylic acids is 4. The lowest BCUT2D eigenvalue weighted by molar-refractivity contribution is -0.150. The largest absolute Gasteiger partial charge is 0.486 e. The highest BCUT2D eigenvalue weighted by atomic mass is 16.6. The summed E-state index contributed by atoms with van der Waals surface area (Å²) in [6, 6.07) is 10.1. The minimum absolute atomic E-state index is 0.235. The van der Waals surface area contributed by atoms with Crippen molar-refractivity contribution in [1.82, 2.24) is 4.90 Å². The third-order valence-electron chi connectivity index (χ3n) is 4.73. The van der Waals surface area contributed by atoms with Gasteiger partial charge in [-0.2, -0.15) is 0 Å². The van der Waals surface area contributed by atoms with Gasteiger partial charge in [0.25, 0.3) is 17.7 Å². The summed E-state index contributed by atoms with van der Waals surface area (Å²) in [4.78, 5) is 50.2. The van der Waals surface area contributed by atoms with Gasteiger partial charge in [0.2, 0.25) is 0 Å². The molecule has 0 aromatic heterocycles. The van der Waals surface area contributed by atoms with Gasteiger partial charge in [-0.3, -0.25) is 19.3 Å². The molecule has 2 aromatic carbocycles.